The number of hydrogen-bond donors (Lipinski definition) is 1. The second kappa shape index (κ2) is 6.58. The molecular formula is C16H28O. The minimum atomic E-state index is -0.0249. The van der Waals surface area contributed by atoms with Gasteiger partial charge in [-0.3, -0.25) is 0 Å². The summed E-state index contributed by atoms with van der Waals surface area (Å²) in [6, 6.07) is 0. The Morgan fingerprint density at radius 2 is 2.06 bits per heavy atom. The van der Waals surface area contributed by atoms with Crippen molar-refractivity contribution >= 4 is 0 Å². The molecule has 0 aromatic heterocycles. The molecule has 0 saturated heterocycles. The maximum Gasteiger partial charge on any atom is 0.0543 e. The molecule has 2 aliphatic rings. The van der Waals surface area contributed by atoms with Gasteiger partial charge >= 0.3 is 0 Å². The van der Waals surface area contributed by atoms with Crippen LogP contribution in [0.1, 0.15) is 64.2 Å². The number of hydrogen-bond acceptors (Lipinski definition) is 1. The number of rotatable bonds is 8. The standard InChI is InChI=1S/C16H28O/c1-2-3-4-5-6-7-16(17)12-15-11-13-8-9-14(15)10-13/h2,13-17H,1,3-12H2. The average molecular weight is 236 g/mol. The molecule has 2 aliphatic carbocycles. The summed E-state index contributed by atoms with van der Waals surface area (Å²) in [4.78, 5) is 0. The highest BCUT2D eigenvalue weighted by Gasteiger charge is 2.39. The molecule has 0 radical (unpaired) electrons. The predicted molar refractivity (Wildman–Crippen MR) is 72.8 cm³/mol. The molecule has 0 aromatic carbocycles. The van der Waals surface area contributed by atoms with E-state index in [0.717, 1.165) is 37.0 Å². The molecule has 2 fully saturated rings. The van der Waals surface area contributed by atoms with Crippen molar-refractivity contribution in [1.29, 1.82) is 0 Å². The minimum Gasteiger partial charge on any atom is -0.393 e. The second-order valence-corrected chi connectivity index (χ2v) is 6.25. The van der Waals surface area contributed by atoms with E-state index in [1.807, 2.05) is 6.08 Å². The van der Waals surface area contributed by atoms with Gasteiger partial charge < -0.3 is 5.11 Å². The Hall–Kier alpha value is -0.300. The van der Waals surface area contributed by atoms with Crippen LogP contribution in [0.3, 0.4) is 0 Å². The van der Waals surface area contributed by atoms with Gasteiger partial charge in [0.2, 0.25) is 0 Å². The lowest BCUT2D eigenvalue weighted by atomic mass is 9.84. The topological polar surface area (TPSA) is 20.2 Å². The molecule has 0 amide bonds. The predicted octanol–water partition coefficient (Wildman–Crippen LogP) is 4.31. The highest BCUT2D eigenvalue weighted by Crippen LogP contribution is 2.50. The van der Waals surface area contributed by atoms with Gasteiger partial charge in [-0.2, -0.15) is 0 Å². The summed E-state index contributed by atoms with van der Waals surface area (Å²) in [7, 11) is 0. The third-order valence-corrected chi connectivity index (χ3v) is 4.90. The molecule has 98 valence electrons. The molecule has 0 heterocycles. The molecule has 2 bridgehead atoms. The molecule has 4 unspecified atom stereocenters. The van der Waals surface area contributed by atoms with Crippen molar-refractivity contribution in [2.24, 2.45) is 17.8 Å². The molecule has 0 aromatic rings. The van der Waals surface area contributed by atoms with Crippen molar-refractivity contribution in [3.05, 3.63) is 12.7 Å². The molecule has 4 atom stereocenters. The van der Waals surface area contributed by atoms with E-state index in [2.05, 4.69) is 6.58 Å². The molecule has 17 heavy (non-hydrogen) atoms. The second-order valence-electron chi connectivity index (χ2n) is 6.25. The lowest BCUT2D eigenvalue weighted by Crippen LogP contribution is -2.18. The molecule has 1 heteroatoms. The van der Waals surface area contributed by atoms with E-state index >= 15 is 0 Å². The summed E-state index contributed by atoms with van der Waals surface area (Å²) < 4.78 is 0. The highest BCUT2D eigenvalue weighted by atomic mass is 16.3. The van der Waals surface area contributed by atoms with Crippen molar-refractivity contribution in [3.8, 4) is 0 Å². The minimum absolute atomic E-state index is 0.0249. The van der Waals surface area contributed by atoms with Gasteiger partial charge in [-0.1, -0.05) is 25.3 Å². The monoisotopic (exact) mass is 236 g/mol. The summed E-state index contributed by atoms with van der Waals surface area (Å²) in [6.07, 6.45) is 14.7. The number of fused-ring (bicyclic) bond motifs is 2. The Bertz CT molecular complexity index is 236. The first kappa shape index (κ1) is 13.1. The Labute approximate surface area is 106 Å². The number of allylic oxidation sites excluding steroid dienone is 1. The summed E-state index contributed by atoms with van der Waals surface area (Å²) in [6.45, 7) is 3.73. The van der Waals surface area contributed by atoms with E-state index in [4.69, 9.17) is 0 Å². The van der Waals surface area contributed by atoms with Crippen molar-refractivity contribution < 1.29 is 5.11 Å². The highest BCUT2D eigenvalue weighted by molar-refractivity contribution is 4.90. The van der Waals surface area contributed by atoms with Gasteiger partial charge in [0.25, 0.3) is 0 Å². The largest absolute Gasteiger partial charge is 0.393 e. The molecular weight excluding hydrogens is 208 g/mol. The Morgan fingerprint density at radius 1 is 1.18 bits per heavy atom. The van der Waals surface area contributed by atoms with Gasteiger partial charge in [-0.15, -0.1) is 6.58 Å². The van der Waals surface area contributed by atoms with E-state index in [-0.39, 0.29) is 6.10 Å². The van der Waals surface area contributed by atoms with E-state index in [1.165, 1.54) is 44.9 Å². The Morgan fingerprint density at radius 3 is 2.71 bits per heavy atom. The number of aliphatic hydroxyl groups is 1. The van der Waals surface area contributed by atoms with Crippen LogP contribution in [0.2, 0.25) is 0 Å². The summed E-state index contributed by atoms with van der Waals surface area (Å²) in [5, 5.41) is 10.1. The molecule has 0 spiro atoms. The van der Waals surface area contributed by atoms with Gasteiger partial charge in [0.05, 0.1) is 6.10 Å². The van der Waals surface area contributed by atoms with Crippen LogP contribution in [-0.4, -0.2) is 11.2 Å². The van der Waals surface area contributed by atoms with E-state index < -0.39 is 0 Å². The first-order valence-corrected chi connectivity index (χ1v) is 7.58. The first-order chi connectivity index (χ1) is 8.29. The molecule has 0 aliphatic heterocycles. The zero-order valence-electron chi connectivity index (χ0n) is 11.1. The van der Waals surface area contributed by atoms with Gasteiger partial charge in [0.15, 0.2) is 0 Å². The molecule has 2 rings (SSSR count). The Kier molecular flexibility index (Phi) is 5.09. The van der Waals surface area contributed by atoms with Gasteiger partial charge in [-0.05, 0) is 62.7 Å². The number of unbranched alkanes of at least 4 members (excludes halogenated alkanes) is 3. The fourth-order valence-corrected chi connectivity index (χ4v) is 3.98. The van der Waals surface area contributed by atoms with Crippen LogP contribution in [-0.2, 0) is 0 Å². The van der Waals surface area contributed by atoms with Crippen LogP contribution in [0.25, 0.3) is 0 Å². The Balaban J connectivity index is 1.55. The van der Waals surface area contributed by atoms with Crippen LogP contribution in [0.5, 0.6) is 0 Å². The van der Waals surface area contributed by atoms with Gasteiger partial charge in [0, 0.05) is 0 Å². The molecule has 1 N–H and O–H groups in total. The zero-order chi connectivity index (χ0) is 12.1. The van der Waals surface area contributed by atoms with Crippen molar-refractivity contribution in [3.63, 3.8) is 0 Å². The van der Waals surface area contributed by atoms with Crippen molar-refractivity contribution in [1.82, 2.24) is 0 Å². The van der Waals surface area contributed by atoms with E-state index in [1.54, 1.807) is 0 Å². The van der Waals surface area contributed by atoms with Gasteiger partial charge in [0.1, 0.15) is 0 Å². The van der Waals surface area contributed by atoms with Gasteiger partial charge in [-0.25, -0.2) is 0 Å². The third kappa shape index (κ3) is 3.84. The summed E-state index contributed by atoms with van der Waals surface area (Å²) in [5.74, 6) is 2.84. The fourth-order valence-electron chi connectivity index (χ4n) is 3.98. The molecule has 2 saturated carbocycles. The average Bonchev–Trinajstić information content (AvgIpc) is 2.90. The fraction of sp³-hybridized carbons (Fsp3) is 0.875. The van der Waals surface area contributed by atoms with Crippen LogP contribution < -0.4 is 0 Å². The van der Waals surface area contributed by atoms with Crippen molar-refractivity contribution in [2.75, 3.05) is 0 Å². The maximum atomic E-state index is 10.1. The van der Waals surface area contributed by atoms with Crippen LogP contribution in [0.15, 0.2) is 12.7 Å². The van der Waals surface area contributed by atoms with E-state index in [9.17, 15) is 5.11 Å². The zero-order valence-corrected chi connectivity index (χ0v) is 11.1. The summed E-state index contributed by atoms with van der Waals surface area (Å²) in [5.41, 5.74) is 0. The van der Waals surface area contributed by atoms with Crippen LogP contribution in [0.4, 0.5) is 0 Å². The SMILES string of the molecule is C=CCCCCCC(O)CC1CC2CCC1C2. The van der Waals surface area contributed by atoms with Crippen molar-refractivity contribution in [2.45, 2.75) is 70.3 Å². The summed E-state index contributed by atoms with van der Waals surface area (Å²) >= 11 is 0. The first-order valence-electron chi connectivity index (χ1n) is 7.58. The van der Waals surface area contributed by atoms with E-state index in [0.29, 0.717) is 0 Å². The van der Waals surface area contributed by atoms with Crippen LogP contribution in [0, 0.1) is 17.8 Å². The molecule has 1 nitrogen and oxygen atoms in total. The van der Waals surface area contributed by atoms with Crippen LogP contribution >= 0.6 is 0 Å². The number of aliphatic hydroxyl groups excluding tert-OH is 1. The maximum absolute atomic E-state index is 10.1. The quantitative estimate of drug-likeness (QED) is 0.492. The normalized spacial score (nSPS) is 32.9. The third-order valence-electron chi connectivity index (χ3n) is 4.90. The smallest absolute Gasteiger partial charge is 0.0543 e. The lowest BCUT2D eigenvalue weighted by molar-refractivity contribution is 0.114. The lowest BCUT2D eigenvalue weighted by Gasteiger charge is -2.24.